The Balaban J connectivity index is 1.78. The van der Waals surface area contributed by atoms with Gasteiger partial charge in [-0.1, -0.05) is 46.3 Å². The van der Waals surface area contributed by atoms with Gasteiger partial charge in [0.05, 0.1) is 17.0 Å². The van der Waals surface area contributed by atoms with Crippen molar-refractivity contribution >= 4 is 49.3 Å². The molecule has 0 saturated heterocycles. The molecule has 1 unspecified atom stereocenters. The molecule has 1 aliphatic heterocycles. The summed E-state index contributed by atoms with van der Waals surface area (Å²) >= 11 is 4.76. The molecule has 5 rings (SSSR count). The number of amides is 1. The van der Waals surface area contributed by atoms with Crippen LogP contribution in [-0.2, 0) is 6.42 Å². The molecular weight excluding hydrogens is 485 g/mol. The zero-order chi connectivity index (χ0) is 21.7. The van der Waals surface area contributed by atoms with Crippen molar-refractivity contribution in [1.29, 1.82) is 0 Å². The highest BCUT2D eigenvalue weighted by Gasteiger charge is 2.45. The molecule has 156 valence electrons. The van der Waals surface area contributed by atoms with Crippen LogP contribution in [0.1, 0.15) is 46.1 Å². The lowest BCUT2D eigenvalue weighted by Gasteiger charge is -2.22. The van der Waals surface area contributed by atoms with Gasteiger partial charge in [-0.05, 0) is 42.3 Å². The highest BCUT2D eigenvalue weighted by Crippen LogP contribution is 2.42. The number of aromatic nitrogens is 2. The number of rotatable bonds is 4. The van der Waals surface area contributed by atoms with E-state index in [4.69, 9.17) is 4.42 Å². The predicted molar refractivity (Wildman–Crippen MR) is 119 cm³/mol. The quantitative estimate of drug-likeness (QED) is 0.383. The minimum Gasteiger partial charge on any atom is -0.450 e. The number of nitrogens with zero attached hydrogens (tertiary/aromatic N) is 3. The lowest BCUT2D eigenvalue weighted by atomic mass is 9.99. The zero-order valence-corrected chi connectivity index (χ0v) is 18.7. The number of benzene rings is 2. The summed E-state index contributed by atoms with van der Waals surface area (Å²) in [6.07, 6.45) is 1.64. The van der Waals surface area contributed by atoms with Crippen LogP contribution in [0.15, 0.2) is 56.1 Å². The molecule has 9 heteroatoms. The van der Waals surface area contributed by atoms with Crippen molar-refractivity contribution in [2.75, 3.05) is 4.90 Å². The molecule has 6 nitrogen and oxygen atoms in total. The maximum atomic E-state index is 13.9. The van der Waals surface area contributed by atoms with E-state index in [1.807, 2.05) is 31.2 Å². The van der Waals surface area contributed by atoms with Crippen LogP contribution in [0.5, 0.6) is 0 Å². The Kier molecular flexibility index (Phi) is 4.94. The summed E-state index contributed by atoms with van der Waals surface area (Å²) < 4.78 is 20.5. The van der Waals surface area contributed by atoms with Gasteiger partial charge in [0.25, 0.3) is 5.91 Å². The monoisotopic (exact) mass is 499 g/mol. The van der Waals surface area contributed by atoms with Gasteiger partial charge in [0.1, 0.15) is 16.4 Å². The Morgan fingerprint density at radius 1 is 1.19 bits per heavy atom. The fraction of sp³-hybridized carbons (Fsp3) is 0.182. The first-order chi connectivity index (χ1) is 15.0. The van der Waals surface area contributed by atoms with Crippen LogP contribution >= 0.6 is 27.3 Å². The van der Waals surface area contributed by atoms with Gasteiger partial charge in [0.2, 0.25) is 10.9 Å². The lowest BCUT2D eigenvalue weighted by Crippen LogP contribution is -2.29. The summed E-state index contributed by atoms with van der Waals surface area (Å²) in [5.41, 5.74) is 0.609. The van der Waals surface area contributed by atoms with E-state index in [1.54, 1.807) is 0 Å². The molecule has 31 heavy (non-hydrogen) atoms. The Labute approximate surface area is 188 Å². The SMILES string of the molecule is CCCc1nnc(N2C(=O)c3oc4ccc(F)cc4c(=O)c3C2c2cccc(Br)c2)s1. The van der Waals surface area contributed by atoms with Crippen molar-refractivity contribution in [3.8, 4) is 0 Å². The third-order valence-electron chi connectivity index (χ3n) is 5.12. The van der Waals surface area contributed by atoms with E-state index in [9.17, 15) is 14.0 Å². The number of carbonyl (C=O) groups excluding carboxylic acids is 1. The number of halogens is 2. The van der Waals surface area contributed by atoms with E-state index in [0.29, 0.717) is 10.7 Å². The molecule has 0 bridgehead atoms. The van der Waals surface area contributed by atoms with E-state index in [0.717, 1.165) is 28.4 Å². The lowest BCUT2D eigenvalue weighted by molar-refractivity contribution is 0.0970. The molecule has 0 N–H and O–H groups in total. The fourth-order valence-electron chi connectivity index (χ4n) is 3.79. The molecule has 0 saturated carbocycles. The highest BCUT2D eigenvalue weighted by molar-refractivity contribution is 9.10. The number of fused-ring (bicyclic) bond motifs is 2. The van der Waals surface area contributed by atoms with E-state index >= 15 is 0 Å². The van der Waals surface area contributed by atoms with Gasteiger partial charge in [-0.25, -0.2) is 4.39 Å². The second-order valence-corrected chi connectivity index (χ2v) is 9.13. The molecule has 1 aliphatic rings. The van der Waals surface area contributed by atoms with Crippen LogP contribution in [0.25, 0.3) is 11.0 Å². The maximum Gasteiger partial charge on any atom is 0.297 e. The van der Waals surface area contributed by atoms with E-state index in [1.165, 1.54) is 28.4 Å². The molecule has 3 heterocycles. The highest BCUT2D eigenvalue weighted by atomic mass is 79.9. The summed E-state index contributed by atoms with van der Waals surface area (Å²) in [5.74, 6) is -1.07. The third kappa shape index (κ3) is 3.28. The minimum atomic E-state index is -0.758. The standard InChI is InChI=1S/C22H15BrFN3O3S/c1-2-4-16-25-26-22(31-16)27-18(11-5-3-6-12(23)9-11)17-19(28)14-10-13(24)7-8-15(14)30-20(17)21(27)29/h3,5-10,18H,2,4H2,1H3. The molecule has 2 aromatic heterocycles. The van der Waals surface area contributed by atoms with Crippen molar-refractivity contribution in [1.82, 2.24) is 10.2 Å². The molecule has 0 radical (unpaired) electrons. The number of anilines is 1. The average Bonchev–Trinajstić information content (AvgIpc) is 3.31. The van der Waals surface area contributed by atoms with Crippen molar-refractivity contribution in [3.05, 3.63) is 84.9 Å². The molecule has 4 aromatic rings. The summed E-state index contributed by atoms with van der Waals surface area (Å²) in [6, 6.07) is 10.3. The van der Waals surface area contributed by atoms with Crippen LogP contribution in [-0.4, -0.2) is 16.1 Å². The number of carbonyl (C=O) groups is 1. The van der Waals surface area contributed by atoms with Crippen molar-refractivity contribution < 1.29 is 13.6 Å². The van der Waals surface area contributed by atoms with Gasteiger partial charge >= 0.3 is 0 Å². The van der Waals surface area contributed by atoms with Gasteiger partial charge in [-0.3, -0.25) is 14.5 Å². The average molecular weight is 500 g/mol. The van der Waals surface area contributed by atoms with Crippen LogP contribution < -0.4 is 10.3 Å². The number of aryl methyl sites for hydroxylation is 1. The Hall–Kier alpha value is -2.91. The molecule has 0 spiro atoms. The van der Waals surface area contributed by atoms with Gasteiger partial charge in [0, 0.05) is 10.9 Å². The minimum absolute atomic E-state index is 0.0543. The molecule has 0 fully saturated rings. The smallest absolute Gasteiger partial charge is 0.297 e. The number of hydrogen-bond acceptors (Lipinski definition) is 6. The van der Waals surface area contributed by atoms with Gasteiger partial charge in [0.15, 0.2) is 5.43 Å². The van der Waals surface area contributed by atoms with Crippen LogP contribution in [0, 0.1) is 5.82 Å². The van der Waals surface area contributed by atoms with Gasteiger partial charge in [-0.2, -0.15) is 0 Å². The van der Waals surface area contributed by atoms with E-state index in [-0.39, 0.29) is 22.3 Å². The first-order valence-corrected chi connectivity index (χ1v) is 11.3. The fourth-order valence-corrected chi connectivity index (χ4v) is 5.18. The summed E-state index contributed by atoms with van der Waals surface area (Å²) in [5, 5.41) is 9.70. The Bertz CT molecular complexity index is 1400. The van der Waals surface area contributed by atoms with Gasteiger partial charge < -0.3 is 4.42 Å². The first-order valence-electron chi connectivity index (χ1n) is 9.65. The van der Waals surface area contributed by atoms with Crippen molar-refractivity contribution in [2.24, 2.45) is 0 Å². The normalized spacial score (nSPS) is 15.6. The van der Waals surface area contributed by atoms with Crippen molar-refractivity contribution in [3.63, 3.8) is 0 Å². The van der Waals surface area contributed by atoms with Crippen LogP contribution in [0.4, 0.5) is 9.52 Å². The summed E-state index contributed by atoms with van der Waals surface area (Å²) in [7, 11) is 0. The van der Waals surface area contributed by atoms with Crippen molar-refractivity contribution in [2.45, 2.75) is 25.8 Å². The maximum absolute atomic E-state index is 13.9. The first kappa shape index (κ1) is 20.0. The number of hydrogen-bond donors (Lipinski definition) is 0. The Morgan fingerprint density at radius 2 is 2.03 bits per heavy atom. The molecule has 1 atom stereocenters. The summed E-state index contributed by atoms with van der Waals surface area (Å²) in [4.78, 5) is 28.3. The van der Waals surface area contributed by atoms with Crippen LogP contribution in [0.3, 0.4) is 0 Å². The molecule has 0 aliphatic carbocycles. The van der Waals surface area contributed by atoms with Gasteiger partial charge in [-0.15, -0.1) is 10.2 Å². The molecule has 2 aromatic carbocycles. The van der Waals surface area contributed by atoms with E-state index < -0.39 is 23.2 Å². The molecular formula is C22H15BrFN3O3S. The van der Waals surface area contributed by atoms with E-state index in [2.05, 4.69) is 26.1 Å². The second kappa shape index (κ2) is 7.65. The predicted octanol–water partition coefficient (Wildman–Crippen LogP) is 5.25. The Morgan fingerprint density at radius 3 is 2.81 bits per heavy atom. The molecule has 1 amide bonds. The second-order valence-electron chi connectivity index (χ2n) is 7.18. The topological polar surface area (TPSA) is 76.3 Å². The third-order valence-corrected chi connectivity index (χ3v) is 6.60. The van der Waals surface area contributed by atoms with Crippen LogP contribution in [0.2, 0.25) is 0 Å². The zero-order valence-electron chi connectivity index (χ0n) is 16.3. The summed E-state index contributed by atoms with van der Waals surface area (Å²) in [6.45, 7) is 2.04. The largest absolute Gasteiger partial charge is 0.450 e.